The molecule has 0 radical (unpaired) electrons. The molecule has 1 fully saturated rings. The van der Waals surface area contributed by atoms with Crippen LogP contribution in [0.1, 0.15) is 13.8 Å². The molecule has 174 valence electrons. The first kappa shape index (κ1) is 22.7. The topological polar surface area (TPSA) is 82.2 Å². The molecule has 0 aliphatic carbocycles. The third kappa shape index (κ3) is 5.46. The highest BCUT2D eigenvalue weighted by Crippen LogP contribution is 2.39. The van der Waals surface area contributed by atoms with E-state index < -0.39 is 0 Å². The van der Waals surface area contributed by atoms with E-state index in [9.17, 15) is 4.79 Å². The first-order chi connectivity index (χ1) is 16.2. The van der Waals surface area contributed by atoms with Crippen molar-refractivity contribution in [3.05, 3.63) is 48.7 Å². The molecule has 0 bridgehead atoms. The van der Waals surface area contributed by atoms with Crippen LogP contribution < -0.4 is 24.4 Å². The molecule has 8 nitrogen and oxygen atoms in total. The molecule has 0 saturated carbocycles. The minimum Gasteiger partial charge on any atom is -0.492 e. The van der Waals surface area contributed by atoms with Crippen LogP contribution in [-0.2, 0) is 9.53 Å². The Kier molecular flexibility index (Phi) is 7.47. The van der Waals surface area contributed by atoms with E-state index in [2.05, 4.69) is 15.2 Å². The Balaban J connectivity index is 1.52. The van der Waals surface area contributed by atoms with Crippen LogP contribution in [-0.4, -0.2) is 57.0 Å². The molecule has 2 aromatic carbocycles. The van der Waals surface area contributed by atoms with E-state index in [0.717, 1.165) is 29.7 Å². The summed E-state index contributed by atoms with van der Waals surface area (Å²) in [5.41, 5.74) is 2.19. The minimum absolute atomic E-state index is 0.156. The van der Waals surface area contributed by atoms with Crippen molar-refractivity contribution in [1.29, 1.82) is 0 Å². The molecule has 1 amide bonds. The fraction of sp³-hybridized carbons (Fsp3) is 0.360. The number of morpholine rings is 1. The summed E-state index contributed by atoms with van der Waals surface area (Å²) < 4.78 is 23.0. The lowest BCUT2D eigenvalue weighted by atomic mass is 10.2. The molecular formula is C25H29N3O5. The number of carbonyl (C=O) groups is 1. The standard InChI is InChI=1S/C25H29N3O5/c1-3-31-22-16-20(28-11-13-30-14-12-28)23(32-4-2)15-19(22)27-24(29)17-33-21-9-5-7-18-8-6-10-26-25(18)21/h5-10,15-16H,3-4,11-14,17H2,1-2H3,(H,27,29). The first-order valence-electron chi connectivity index (χ1n) is 11.2. The van der Waals surface area contributed by atoms with Crippen LogP contribution in [0.15, 0.2) is 48.7 Å². The van der Waals surface area contributed by atoms with Gasteiger partial charge in [-0.05, 0) is 26.0 Å². The second-order valence-corrected chi connectivity index (χ2v) is 7.45. The fourth-order valence-electron chi connectivity index (χ4n) is 3.77. The van der Waals surface area contributed by atoms with Gasteiger partial charge in [0.1, 0.15) is 22.8 Å². The molecule has 1 aromatic heterocycles. The van der Waals surface area contributed by atoms with Gasteiger partial charge in [-0.3, -0.25) is 9.78 Å². The molecule has 8 heteroatoms. The number of ether oxygens (including phenoxy) is 4. The normalized spacial score (nSPS) is 13.6. The molecule has 1 aliphatic heterocycles. The summed E-state index contributed by atoms with van der Waals surface area (Å²) in [6, 6.07) is 13.2. The van der Waals surface area contributed by atoms with Crippen molar-refractivity contribution in [3.8, 4) is 17.2 Å². The Morgan fingerprint density at radius 2 is 1.76 bits per heavy atom. The van der Waals surface area contributed by atoms with Crippen LogP contribution in [0, 0.1) is 0 Å². The van der Waals surface area contributed by atoms with E-state index in [1.165, 1.54) is 0 Å². The summed E-state index contributed by atoms with van der Waals surface area (Å²) in [7, 11) is 0. The number of nitrogens with one attached hydrogen (secondary N) is 1. The maximum absolute atomic E-state index is 12.8. The highest BCUT2D eigenvalue weighted by molar-refractivity contribution is 5.95. The van der Waals surface area contributed by atoms with E-state index in [-0.39, 0.29) is 12.5 Å². The second kappa shape index (κ2) is 10.9. The van der Waals surface area contributed by atoms with Crippen molar-refractivity contribution >= 4 is 28.2 Å². The average Bonchev–Trinajstić information content (AvgIpc) is 2.85. The van der Waals surface area contributed by atoms with Gasteiger partial charge in [-0.15, -0.1) is 0 Å². The van der Waals surface area contributed by atoms with Crippen molar-refractivity contribution in [2.45, 2.75) is 13.8 Å². The number of amides is 1. The highest BCUT2D eigenvalue weighted by atomic mass is 16.5. The third-order valence-electron chi connectivity index (χ3n) is 5.24. The summed E-state index contributed by atoms with van der Waals surface area (Å²) >= 11 is 0. The number of carbonyl (C=O) groups excluding carboxylic acids is 1. The molecule has 4 rings (SSSR count). The number of para-hydroxylation sites is 1. The maximum Gasteiger partial charge on any atom is 0.262 e. The van der Waals surface area contributed by atoms with Crippen LogP contribution in [0.4, 0.5) is 11.4 Å². The first-order valence-corrected chi connectivity index (χ1v) is 11.2. The Hall–Kier alpha value is -3.52. The van der Waals surface area contributed by atoms with Gasteiger partial charge in [0.2, 0.25) is 0 Å². The molecule has 1 aliphatic rings. The summed E-state index contributed by atoms with van der Waals surface area (Å²) in [6.45, 7) is 7.53. The van der Waals surface area contributed by atoms with E-state index in [1.54, 1.807) is 12.3 Å². The Morgan fingerprint density at radius 3 is 2.55 bits per heavy atom. The van der Waals surface area contributed by atoms with Gasteiger partial charge in [0.15, 0.2) is 6.61 Å². The number of pyridine rings is 1. The number of hydrogen-bond acceptors (Lipinski definition) is 7. The van der Waals surface area contributed by atoms with Gasteiger partial charge in [-0.25, -0.2) is 0 Å². The lowest BCUT2D eigenvalue weighted by molar-refractivity contribution is -0.118. The van der Waals surface area contributed by atoms with Gasteiger partial charge in [0, 0.05) is 36.8 Å². The molecule has 0 atom stereocenters. The van der Waals surface area contributed by atoms with Crippen LogP contribution in [0.2, 0.25) is 0 Å². The quantitative estimate of drug-likeness (QED) is 0.529. The lowest BCUT2D eigenvalue weighted by Crippen LogP contribution is -2.36. The monoisotopic (exact) mass is 451 g/mol. The predicted octanol–water partition coefficient (Wildman–Crippen LogP) is 3.89. The molecule has 0 spiro atoms. The van der Waals surface area contributed by atoms with Gasteiger partial charge >= 0.3 is 0 Å². The lowest BCUT2D eigenvalue weighted by Gasteiger charge is -2.31. The fourth-order valence-corrected chi connectivity index (χ4v) is 3.77. The number of hydrogen-bond donors (Lipinski definition) is 1. The Labute approximate surface area is 193 Å². The van der Waals surface area contributed by atoms with Crippen molar-refractivity contribution in [3.63, 3.8) is 0 Å². The van der Waals surface area contributed by atoms with Crippen molar-refractivity contribution < 1.29 is 23.7 Å². The van der Waals surface area contributed by atoms with E-state index in [0.29, 0.717) is 49.4 Å². The van der Waals surface area contributed by atoms with Gasteiger partial charge in [0.05, 0.1) is 37.8 Å². The Bertz CT molecular complexity index is 1090. The van der Waals surface area contributed by atoms with Gasteiger partial charge in [-0.1, -0.05) is 18.2 Å². The largest absolute Gasteiger partial charge is 0.492 e. The zero-order valence-corrected chi connectivity index (χ0v) is 19.0. The highest BCUT2D eigenvalue weighted by Gasteiger charge is 2.20. The minimum atomic E-state index is -0.301. The van der Waals surface area contributed by atoms with Crippen LogP contribution >= 0.6 is 0 Å². The molecule has 3 aromatic rings. The van der Waals surface area contributed by atoms with E-state index in [4.69, 9.17) is 18.9 Å². The summed E-state index contributed by atoms with van der Waals surface area (Å²) in [5.74, 6) is 1.54. The predicted molar refractivity (Wildman–Crippen MR) is 128 cm³/mol. The van der Waals surface area contributed by atoms with Crippen LogP contribution in [0.5, 0.6) is 17.2 Å². The number of nitrogens with zero attached hydrogens (tertiary/aromatic N) is 2. The molecule has 33 heavy (non-hydrogen) atoms. The van der Waals surface area contributed by atoms with Crippen molar-refractivity contribution in [2.75, 3.05) is 56.3 Å². The number of fused-ring (bicyclic) bond motifs is 1. The summed E-state index contributed by atoms with van der Waals surface area (Å²) in [4.78, 5) is 19.3. The Morgan fingerprint density at radius 1 is 1.00 bits per heavy atom. The summed E-state index contributed by atoms with van der Waals surface area (Å²) in [6.07, 6.45) is 1.70. The zero-order valence-electron chi connectivity index (χ0n) is 19.0. The van der Waals surface area contributed by atoms with Crippen LogP contribution in [0.3, 0.4) is 0 Å². The van der Waals surface area contributed by atoms with E-state index >= 15 is 0 Å². The number of aromatic nitrogens is 1. The van der Waals surface area contributed by atoms with Crippen LogP contribution in [0.25, 0.3) is 10.9 Å². The SMILES string of the molecule is CCOc1cc(N2CCOCC2)c(OCC)cc1NC(=O)COc1cccc2cccnc12. The number of rotatable bonds is 9. The summed E-state index contributed by atoms with van der Waals surface area (Å²) in [5, 5.41) is 3.86. The third-order valence-corrected chi connectivity index (χ3v) is 5.24. The van der Waals surface area contributed by atoms with Gasteiger partial charge in [-0.2, -0.15) is 0 Å². The van der Waals surface area contributed by atoms with Gasteiger partial charge in [0.25, 0.3) is 5.91 Å². The number of benzene rings is 2. The molecule has 1 N–H and O–H groups in total. The maximum atomic E-state index is 12.8. The molecule has 2 heterocycles. The zero-order chi connectivity index (χ0) is 23.0. The van der Waals surface area contributed by atoms with E-state index in [1.807, 2.05) is 50.2 Å². The second-order valence-electron chi connectivity index (χ2n) is 7.45. The average molecular weight is 452 g/mol. The van der Waals surface area contributed by atoms with Crippen molar-refractivity contribution in [1.82, 2.24) is 4.98 Å². The smallest absolute Gasteiger partial charge is 0.262 e. The molecule has 0 unspecified atom stereocenters. The van der Waals surface area contributed by atoms with Gasteiger partial charge < -0.3 is 29.2 Å². The number of anilines is 2. The molecular weight excluding hydrogens is 422 g/mol. The molecule has 1 saturated heterocycles. The van der Waals surface area contributed by atoms with Crippen molar-refractivity contribution in [2.24, 2.45) is 0 Å².